The van der Waals surface area contributed by atoms with Gasteiger partial charge in [0.2, 0.25) is 5.91 Å². The standard InChI is InChI=1S/C25H30N4O2/c1-25-13-12-19-18-6-3-2-5-16(18)8-10-20(19)24(25)17(15-21(25)29-31)9-11-23(30)27-22-7-4-14-26-28-22/h2-7,14,17,19-20,24,31H,8-13,15H2,1H3,(H,27,28,30)/b29-21+/t17-,19?,20?,24?,25-/m1/s1. The van der Waals surface area contributed by atoms with Gasteiger partial charge in [0.1, 0.15) is 0 Å². The Morgan fingerprint density at radius 3 is 2.94 bits per heavy atom. The zero-order chi connectivity index (χ0) is 21.4. The van der Waals surface area contributed by atoms with Crippen molar-refractivity contribution in [1.82, 2.24) is 10.2 Å². The number of anilines is 1. The van der Waals surface area contributed by atoms with Gasteiger partial charge in [-0.25, -0.2) is 0 Å². The van der Waals surface area contributed by atoms with Gasteiger partial charge in [-0.3, -0.25) is 4.79 Å². The molecule has 1 heterocycles. The molecule has 0 aliphatic heterocycles. The van der Waals surface area contributed by atoms with Gasteiger partial charge in [-0.1, -0.05) is 36.3 Å². The first-order chi connectivity index (χ1) is 15.1. The summed E-state index contributed by atoms with van der Waals surface area (Å²) in [7, 11) is 0. The fraction of sp³-hybridized carbons (Fsp3) is 0.520. The van der Waals surface area contributed by atoms with E-state index in [1.807, 2.05) is 0 Å². The lowest BCUT2D eigenvalue weighted by atomic mass is 9.54. The minimum absolute atomic E-state index is 0.0297. The highest BCUT2D eigenvalue weighted by atomic mass is 16.4. The second-order valence-corrected chi connectivity index (χ2v) is 9.70. The Balaban J connectivity index is 1.35. The van der Waals surface area contributed by atoms with E-state index in [1.54, 1.807) is 18.3 Å². The molecule has 3 unspecified atom stereocenters. The van der Waals surface area contributed by atoms with Gasteiger partial charge < -0.3 is 10.5 Å². The van der Waals surface area contributed by atoms with Crippen LogP contribution in [0.3, 0.4) is 0 Å². The predicted molar refractivity (Wildman–Crippen MR) is 119 cm³/mol. The first-order valence-electron chi connectivity index (χ1n) is 11.5. The fourth-order valence-electron chi connectivity index (χ4n) is 6.91. The number of aryl methyl sites for hydroxylation is 1. The third kappa shape index (κ3) is 3.52. The molecule has 6 heteroatoms. The summed E-state index contributed by atoms with van der Waals surface area (Å²) in [5.41, 5.74) is 3.90. The highest BCUT2D eigenvalue weighted by Gasteiger charge is 2.57. The van der Waals surface area contributed by atoms with Crippen molar-refractivity contribution in [3.05, 3.63) is 53.7 Å². The van der Waals surface area contributed by atoms with Crippen LogP contribution in [-0.2, 0) is 11.2 Å². The fourth-order valence-corrected chi connectivity index (χ4v) is 6.91. The van der Waals surface area contributed by atoms with E-state index in [0.717, 1.165) is 37.8 Å². The number of rotatable bonds is 4. The quantitative estimate of drug-likeness (QED) is 0.551. The molecule has 31 heavy (non-hydrogen) atoms. The van der Waals surface area contributed by atoms with Gasteiger partial charge in [0, 0.05) is 18.0 Å². The Labute approximate surface area is 183 Å². The molecule has 0 bridgehead atoms. The lowest BCUT2D eigenvalue weighted by Gasteiger charge is -2.50. The van der Waals surface area contributed by atoms with Gasteiger partial charge in [-0.05, 0) is 85.5 Å². The number of carbonyl (C=O) groups excluding carboxylic acids is 1. The van der Waals surface area contributed by atoms with Gasteiger partial charge >= 0.3 is 0 Å². The number of nitrogens with zero attached hydrogens (tertiary/aromatic N) is 3. The van der Waals surface area contributed by atoms with Crippen LogP contribution >= 0.6 is 0 Å². The normalized spacial score (nSPS) is 32.7. The second-order valence-electron chi connectivity index (χ2n) is 9.70. The van der Waals surface area contributed by atoms with Crippen molar-refractivity contribution in [3.63, 3.8) is 0 Å². The highest BCUT2D eigenvalue weighted by molar-refractivity contribution is 5.93. The molecule has 162 valence electrons. The number of fused-ring (bicyclic) bond motifs is 5. The largest absolute Gasteiger partial charge is 0.411 e. The maximum Gasteiger partial charge on any atom is 0.225 e. The third-order valence-electron chi connectivity index (χ3n) is 8.22. The van der Waals surface area contributed by atoms with Crippen LogP contribution in [0.4, 0.5) is 5.82 Å². The van der Waals surface area contributed by atoms with Crippen molar-refractivity contribution in [2.24, 2.45) is 28.3 Å². The van der Waals surface area contributed by atoms with E-state index in [0.29, 0.717) is 35.9 Å². The Bertz CT molecular complexity index is 992. The summed E-state index contributed by atoms with van der Waals surface area (Å²) in [4.78, 5) is 12.5. The molecule has 6 nitrogen and oxygen atoms in total. The maximum absolute atomic E-state index is 12.5. The van der Waals surface area contributed by atoms with Gasteiger partial charge in [0.05, 0.1) is 5.71 Å². The van der Waals surface area contributed by atoms with Crippen molar-refractivity contribution in [3.8, 4) is 0 Å². The molecule has 0 radical (unpaired) electrons. The molecule has 0 saturated heterocycles. The average molecular weight is 419 g/mol. The molecular weight excluding hydrogens is 388 g/mol. The van der Waals surface area contributed by atoms with Crippen LogP contribution in [-0.4, -0.2) is 27.0 Å². The molecule has 1 aromatic carbocycles. The average Bonchev–Trinajstić information content (AvgIpc) is 3.10. The SMILES string of the molecule is C[C@]12CCC3c4ccccc4CCC3C1[C@H](CCC(=O)Nc1cccnn1)C/C2=N\O. The first kappa shape index (κ1) is 20.2. The smallest absolute Gasteiger partial charge is 0.225 e. The van der Waals surface area contributed by atoms with Gasteiger partial charge in [0.25, 0.3) is 0 Å². The molecular formula is C25H30N4O2. The number of amides is 1. The molecule has 1 aromatic heterocycles. The Hall–Kier alpha value is -2.76. The Kier molecular flexibility index (Phi) is 5.24. The number of carbonyl (C=O) groups is 1. The van der Waals surface area contributed by atoms with E-state index in [1.165, 1.54) is 17.5 Å². The van der Waals surface area contributed by atoms with Crippen molar-refractivity contribution in [2.45, 2.75) is 57.8 Å². The summed E-state index contributed by atoms with van der Waals surface area (Å²) in [6.07, 6.45) is 8.13. The summed E-state index contributed by atoms with van der Waals surface area (Å²) in [5.74, 6) is 2.44. The van der Waals surface area contributed by atoms with Gasteiger partial charge in [-0.2, -0.15) is 5.10 Å². The number of nitrogens with one attached hydrogen (secondary N) is 1. The summed E-state index contributed by atoms with van der Waals surface area (Å²) >= 11 is 0. The van der Waals surface area contributed by atoms with Gasteiger partial charge in [-0.15, -0.1) is 5.10 Å². The van der Waals surface area contributed by atoms with Crippen molar-refractivity contribution < 1.29 is 10.0 Å². The molecule has 3 aliphatic rings. The van der Waals surface area contributed by atoms with Crippen LogP contribution in [0, 0.1) is 23.2 Å². The number of hydrogen-bond donors (Lipinski definition) is 2. The summed E-state index contributed by atoms with van der Waals surface area (Å²) in [6.45, 7) is 2.29. The number of hydrogen-bond acceptors (Lipinski definition) is 5. The minimum Gasteiger partial charge on any atom is -0.411 e. The van der Waals surface area contributed by atoms with E-state index < -0.39 is 0 Å². The zero-order valence-electron chi connectivity index (χ0n) is 18.0. The van der Waals surface area contributed by atoms with E-state index in [-0.39, 0.29) is 11.3 Å². The molecule has 1 amide bonds. The highest BCUT2D eigenvalue weighted by Crippen LogP contribution is 2.62. The molecule has 2 aromatic rings. The predicted octanol–water partition coefficient (Wildman–Crippen LogP) is 4.81. The Morgan fingerprint density at radius 1 is 1.26 bits per heavy atom. The minimum atomic E-state index is -0.0613. The van der Waals surface area contributed by atoms with Crippen LogP contribution in [0.2, 0.25) is 0 Å². The summed E-state index contributed by atoms with van der Waals surface area (Å²) in [6, 6.07) is 12.4. The number of aromatic nitrogens is 2. The van der Waals surface area contributed by atoms with E-state index >= 15 is 0 Å². The van der Waals surface area contributed by atoms with Crippen LogP contribution < -0.4 is 5.32 Å². The van der Waals surface area contributed by atoms with Crippen molar-refractivity contribution in [2.75, 3.05) is 5.32 Å². The zero-order valence-corrected chi connectivity index (χ0v) is 18.0. The van der Waals surface area contributed by atoms with Crippen LogP contribution in [0.15, 0.2) is 47.8 Å². The van der Waals surface area contributed by atoms with E-state index in [4.69, 9.17) is 0 Å². The summed E-state index contributed by atoms with van der Waals surface area (Å²) < 4.78 is 0. The number of benzene rings is 1. The molecule has 2 N–H and O–H groups in total. The molecule has 5 atom stereocenters. The van der Waals surface area contributed by atoms with Gasteiger partial charge in [0.15, 0.2) is 5.82 Å². The third-order valence-corrected chi connectivity index (χ3v) is 8.22. The second kappa shape index (κ2) is 8.06. The first-order valence-corrected chi connectivity index (χ1v) is 11.5. The molecule has 5 rings (SSSR count). The van der Waals surface area contributed by atoms with Crippen molar-refractivity contribution >= 4 is 17.4 Å². The van der Waals surface area contributed by atoms with Crippen LogP contribution in [0.1, 0.15) is 62.5 Å². The monoisotopic (exact) mass is 418 g/mol. The topological polar surface area (TPSA) is 87.5 Å². The lowest BCUT2D eigenvalue weighted by Crippen LogP contribution is -2.44. The number of oxime groups is 1. The molecule has 2 saturated carbocycles. The van der Waals surface area contributed by atoms with Crippen LogP contribution in [0.5, 0.6) is 0 Å². The molecule has 0 spiro atoms. The molecule has 2 fully saturated rings. The maximum atomic E-state index is 12.5. The van der Waals surface area contributed by atoms with Crippen molar-refractivity contribution in [1.29, 1.82) is 0 Å². The Morgan fingerprint density at radius 2 is 2.13 bits per heavy atom. The van der Waals surface area contributed by atoms with Crippen LogP contribution in [0.25, 0.3) is 0 Å². The summed E-state index contributed by atoms with van der Waals surface area (Å²) in [5, 5.41) is 24.2. The van der Waals surface area contributed by atoms with E-state index in [9.17, 15) is 10.0 Å². The lowest BCUT2D eigenvalue weighted by molar-refractivity contribution is -0.116. The van der Waals surface area contributed by atoms with E-state index in [2.05, 4.69) is 51.9 Å². The molecule has 3 aliphatic carbocycles.